The van der Waals surface area contributed by atoms with E-state index in [9.17, 15) is 9.59 Å². The molecule has 1 heterocycles. The molecule has 0 amide bonds. The third-order valence-corrected chi connectivity index (χ3v) is 1.55. The lowest BCUT2D eigenvalue weighted by atomic mass is 10.3. The Hall–Kier alpha value is -1.55. The van der Waals surface area contributed by atoms with Crippen LogP contribution in [-0.2, 0) is 0 Å². The Morgan fingerprint density at radius 2 is 1.85 bits per heavy atom. The molecule has 0 aliphatic rings. The highest BCUT2D eigenvalue weighted by atomic mass is 35.5. The van der Waals surface area contributed by atoms with E-state index >= 15 is 0 Å². The summed E-state index contributed by atoms with van der Waals surface area (Å²) in [6.45, 7) is 0. The summed E-state index contributed by atoms with van der Waals surface area (Å²) >= 11 is 0. The molecule has 0 unspecified atom stereocenters. The van der Waals surface area contributed by atoms with Gasteiger partial charge in [-0.1, -0.05) is 12.1 Å². The molecule has 0 aliphatic carbocycles. The number of benzene rings is 1. The number of aromatic amines is 1. The number of rotatable bonds is 0. The van der Waals surface area contributed by atoms with Crippen molar-refractivity contribution in [3.63, 3.8) is 0 Å². The smallest absolute Gasteiger partial charge is 0.409 e. The molecule has 4 nitrogen and oxygen atoms in total. The average Bonchev–Trinajstić information content (AvgIpc) is 2.04. The van der Waals surface area contributed by atoms with E-state index in [1.165, 1.54) is 0 Å². The number of para-hydroxylation sites is 1. The minimum Gasteiger partial charge on any atom is -0.409 e. The number of fused-ring (bicyclic) bond motifs is 1. The van der Waals surface area contributed by atoms with E-state index in [1.807, 2.05) is 4.98 Å². The molecule has 1 aromatic heterocycles. The molecule has 0 aliphatic heterocycles. The van der Waals surface area contributed by atoms with E-state index in [-0.39, 0.29) is 12.4 Å². The minimum absolute atomic E-state index is 0. The quantitative estimate of drug-likeness (QED) is 0.686. The summed E-state index contributed by atoms with van der Waals surface area (Å²) < 4.78 is 4.73. The summed E-state index contributed by atoms with van der Waals surface area (Å²) in [6, 6.07) is 6.57. The Kier molecular flexibility index (Phi) is 2.53. The third kappa shape index (κ3) is 1.62. The molecule has 68 valence electrons. The molecule has 0 fully saturated rings. The zero-order valence-electron chi connectivity index (χ0n) is 6.44. The predicted molar refractivity (Wildman–Crippen MR) is 50.4 cm³/mol. The van der Waals surface area contributed by atoms with Gasteiger partial charge in [0.1, 0.15) is 5.58 Å². The van der Waals surface area contributed by atoms with Gasteiger partial charge in [-0.15, -0.1) is 12.4 Å². The lowest BCUT2D eigenvalue weighted by Gasteiger charge is -1.91. The maximum Gasteiger partial charge on any atom is 0.419 e. The molecule has 13 heavy (non-hydrogen) atoms. The second-order valence-electron chi connectivity index (χ2n) is 2.34. The Morgan fingerprint density at radius 3 is 2.62 bits per heavy atom. The molecule has 5 heteroatoms. The van der Waals surface area contributed by atoms with Crippen molar-refractivity contribution in [3.05, 3.63) is 45.2 Å². The Morgan fingerprint density at radius 1 is 1.15 bits per heavy atom. The van der Waals surface area contributed by atoms with Crippen molar-refractivity contribution >= 4 is 23.4 Å². The minimum atomic E-state index is -0.723. The molecule has 1 aromatic carbocycles. The fourth-order valence-corrected chi connectivity index (χ4v) is 1.03. The van der Waals surface area contributed by atoms with Crippen LogP contribution in [0, 0.1) is 0 Å². The van der Waals surface area contributed by atoms with Crippen LogP contribution in [0.1, 0.15) is 0 Å². The highest BCUT2D eigenvalue weighted by Gasteiger charge is 1.99. The first-order chi connectivity index (χ1) is 5.77. The van der Waals surface area contributed by atoms with Crippen LogP contribution in [0.3, 0.4) is 0 Å². The van der Waals surface area contributed by atoms with Gasteiger partial charge < -0.3 is 4.42 Å². The van der Waals surface area contributed by atoms with Crippen LogP contribution in [0.15, 0.2) is 38.3 Å². The Labute approximate surface area is 78.6 Å². The van der Waals surface area contributed by atoms with Gasteiger partial charge in [-0.25, -0.2) is 4.79 Å². The van der Waals surface area contributed by atoms with Gasteiger partial charge in [0.25, 0.3) is 5.56 Å². The average molecular weight is 200 g/mol. The van der Waals surface area contributed by atoms with Gasteiger partial charge in [-0.2, -0.15) is 0 Å². The van der Waals surface area contributed by atoms with Crippen molar-refractivity contribution in [1.29, 1.82) is 0 Å². The zero-order chi connectivity index (χ0) is 8.55. The molecule has 0 atom stereocenters. The fraction of sp³-hybridized carbons (Fsp3) is 0. The van der Waals surface area contributed by atoms with Crippen LogP contribution in [0.5, 0.6) is 0 Å². The van der Waals surface area contributed by atoms with Gasteiger partial charge in [-0.05, 0) is 12.1 Å². The first-order valence-electron chi connectivity index (χ1n) is 3.39. The molecule has 0 radical (unpaired) electrons. The molecule has 2 rings (SSSR count). The van der Waals surface area contributed by atoms with E-state index in [1.54, 1.807) is 24.3 Å². The van der Waals surface area contributed by atoms with E-state index < -0.39 is 11.3 Å². The van der Waals surface area contributed by atoms with Gasteiger partial charge in [0, 0.05) is 0 Å². The standard InChI is InChI=1S/C8H5NO3.ClH/c10-7-5-3-1-2-4-6(5)12-8(11)9-7;/h1-4H,(H,9,10,11);1H. The van der Waals surface area contributed by atoms with Gasteiger partial charge in [-0.3, -0.25) is 9.78 Å². The first kappa shape index (κ1) is 9.54. The van der Waals surface area contributed by atoms with Crippen molar-refractivity contribution in [1.82, 2.24) is 4.98 Å². The molecule has 1 N–H and O–H groups in total. The molecule has 0 bridgehead atoms. The summed E-state index contributed by atoms with van der Waals surface area (Å²) in [5.41, 5.74) is -0.104. The van der Waals surface area contributed by atoms with Crippen molar-refractivity contribution in [2.24, 2.45) is 0 Å². The largest absolute Gasteiger partial charge is 0.419 e. The van der Waals surface area contributed by atoms with Crippen LogP contribution in [0.25, 0.3) is 11.0 Å². The summed E-state index contributed by atoms with van der Waals surface area (Å²) in [5.74, 6) is -0.723. The monoisotopic (exact) mass is 199 g/mol. The van der Waals surface area contributed by atoms with E-state index in [2.05, 4.69) is 0 Å². The number of hydrogen-bond acceptors (Lipinski definition) is 3. The summed E-state index contributed by atoms with van der Waals surface area (Å²) in [7, 11) is 0. The second-order valence-corrected chi connectivity index (χ2v) is 2.34. The summed E-state index contributed by atoms with van der Waals surface area (Å²) in [5, 5.41) is 0.386. The highest BCUT2D eigenvalue weighted by molar-refractivity contribution is 5.85. The van der Waals surface area contributed by atoms with Crippen LogP contribution in [0.2, 0.25) is 0 Å². The van der Waals surface area contributed by atoms with E-state index in [0.29, 0.717) is 11.0 Å². The lowest BCUT2D eigenvalue weighted by Crippen LogP contribution is -2.17. The fourth-order valence-electron chi connectivity index (χ4n) is 1.03. The van der Waals surface area contributed by atoms with Gasteiger partial charge in [0.05, 0.1) is 5.39 Å². The Balaban J connectivity index is 0.000000845. The molecular weight excluding hydrogens is 194 g/mol. The van der Waals surface area contributed by atoms with E-state index in [4.69, 9.17) is 4.42 Å². The lowest BCUT2D eigenvalue weighted by molar-refractivity contribution is 0.528. The number of H-pyrrole nitrogens is 1. The van der Waals surface area contributed by atoms with Crippen LogP contribution < -0.4 is 11.3 Å². The molecule has 0 saturated heterocycles. The van der Waals surface area contributed by atoms with Gasteiger partial charge in [0.2, 0.25) is 0 Å². The number of halogens is 1. The topological polar surface area (TPSA) is 63.1 Å². The zero-order valence-corrected chi connectivity index (χ0v) is 7.26. The molecule has 0 spiro atoms. The SMILES string of the molecule is Cl.O=c1[nH]c(=O)c2ccccc2o1. The molecular formula is C8H6ClNO3. The van der Waals surface area contributed by atoms with Crippen molar-refractivity contribution in [2.75, 3.05) is 0 Å². The second kappa shape index (κ2) is 3.45. The third-order valence-electron chi connectivity index (χ3n) is 1.55. The van der Waals surface area contributed by atoms with Gasteiger partial charge in [0.15, 0.2) is 0 Å². The van der Waals surface area contributed by atoms with Crippen LogP contribution in [-0.4, -0.2) is 4.98 Å². The van der Waals surface area contributed by atoms with Crippen LogP contribution in [0.4, 0.5) is 0 Å². The number of aromatic nitrogens is 1. The molecule has 2 aromatic rings. The van der Waals surface area contributed by atoms with Crippen molar-refractivity contribution in [2.45, 2.75) is 0 Å². The number of hydrogen-bond donors (Lipinski definition) is 1. The van der Waals surface area contributed by atoms with Crippen LogP contribution >= 0.6 is 12.4 Å². The number of nitrogens with one attached hydrogen (secondary N) is 1. The normalized spacial score (nSPS) is 9.54. The van der Waals surface area contributed by atoms with Crippen molar-refractivity contribution < 1.29 is 4.42 Å². The van der Waals surface area contributed by atoms with Crippen molar-refractivity contribution in [3.8, 4) is 0 Å². The summed E-state index contributed by atoms with van der Waals surface area (Å²) in [4.78, 5) is 23.8. The predicted octanol–water partition coefficient (Wildman–Crippen LogP) is 0.903. The first-order valence-corrected chi connectivity index (χ1v) is 3.39. The molecule has 0 saturated carbocycles. The maximum absolute atomic E-state index is 11.1. The van der Waals surface area contributed by atoms with Gasteiger partial charge >= 0.3 is 5.76 Å². The maximum atomic E-state index is 11.1. The highest BCUT2D eigenvalue weighted by Crippen LogP contribution is 2.04. The summed E-state index contributed by atoms with van der Waals surface area (Å²) in [6.07, 6.45) is 0. The Bertz CT molecular complexity index is 528. The van der Waals surface area contributed by atoms with E-state index in [0.717, 1.165) is 0 Å².